The number of hydrogen-bond acceptors (Lipinski definition) is 3. The molecule has 0 bridgehead atoms. The Morgan fingerprint density at radius 2 is 1.31 bits per heavy atom. The number of aryl methyl sites for hydroxylation is 1. The minimum Gasteiger partial charge on any atom is -0.497 e. The van der Waals surface area contributed by atoms with Crippen LogP contribution in [0.15, 0.2) is 78.9 Å². The molecule has 0 heterocycles. The van der Waals surface area contributed by atoms with Crippen LogP contribution in [0.2, 0.25) is 0 Å². The highest BCUT2D eigenvalue weighted by molar-refractivity contribution is 5.49. The topological polar surface area (TPSA) is 38.7 Å². The van der Waals surface area contributed by atoms with Crippen LogP contribution in [0.3, 0.4) is 0 Å². The largest absolute Gasteiger partial charge is 0.497 e. The van der Waals surface area contributed by atoms with Gasteiger partial charge < -0.3 is 14.6 Å². The zero-order chi connectivity index (χ0) is 18.4. The Balaban J connectivity index is 2.24. The summed E-state index contributed by atoms with van der Waals surface area (Å²) >= 11 is 0. The Labute approximate surface area is 154 Å². The lowest BCUT2D eigenvalue weighted by Gasteiger charge is -2.36. The van der Waals surface area contributed by atoms with Gasteiger partial charge in [0.25, 0.3) is 0 Å². The van der Waals surface area contributed by atoms with E-state index in [1.807, 2.05) is 42.5 Å². The monoisotopic (exact) mass is 348 g/mol. The van der Waals surface area contributed by atoms with Gasteiger partial charge in [-0.05, 0) is 35.7 Å². The van der Waals surface area contributed by atoms with Crippen LogP contribution < -0.4 is 4.74 Å². The number of hydrogen-bond donors (Lipinski definition) is 1. The third-order valence-corrected chi connectivity index (χ3v) is 4.54. The van der Waals surface area contributed by atoms with E-state index < -0.39 is 5.60 Å². The molecule has 0 fully saturated rings. The first-order chi connectivity index (χ1) is 12.7. The minimum absolute atomic E-state index is 0.0450. The standard InChI is InChI=1S/C23H24O3/c1-18-8-10-20(11-9-18)23(26-17-16-24,19-6-4-3-5-7-19)21-12-14-22(25-2)15-13-21/h3-15,24H,16-17H2,1-2H3. The molecule has 26 heavy (non-hydrogen) atoms. The molecule has 0 amide bonds. The van der Waals surface area contributed by atoms with Crippen molar-refractivity contribution < 1.29 is 14.6 Å². The van der Waals surface area contributed by atoms with E-state index in [4.69, 9.17) is 9.47 Å². The maximum absolute atomic E-state index is 9.45. The van der Waals surface area contributed by atoms with Crippen molar-refractivity contribution in [1.82, 2.24) is 0 Å². The van der Waals surface area contributed by atoms with Crippen molar-refractivity contribution in [1.29, 1.82) is 0 Å². The molecule has 3 rings (SSSR count). The molecule has 3 heteroatoms. The van der Waals surface area contributed by atoms with Gasteiger partial charge in [-0.1, -0.05) is 72.3 Å². The summed E-state index contributed by atoms with van der Waals surface area (Å²) in [7, 11) is 1.65. The van der Waals surface area contributed by atoms with Crippen LogP contribution in [0.5, 0.6) is 5.75 Å². The molecule has 0 aliphatic carbocycles. The summed E-state index contributed by atoms with van der Waals surface area (Å²) in [6.07, 6.45) is 0. The van der Waals surface area contributed by atoms with E-state index in [0.29, 0.717) is 0 Å². The van der Waals surface area contributed by atoms with Crippen molar-refractivity contribution in [2.45, 2.75) is 12.5 Å². The zero-order valence-corrected chi connectivity index (χ0v) is 15.2. The van der Waals surface area contributed by atoms with E-state index >= 15 is 0 Å². The van der Waals surface area contributed by atoms with Gasteiger partial charge in [0.05, 0.1) is 20.3 Å². The molecule has 3 aromatic carbocycles. The second-order valence-electron chi connectivity index (χ2n) is 6.21. The number of ether oxygens (including phenoxy) is 2. The Morgan fingerprint density at radius 1 is 0.769 bits per heavy atom. The second kappa shape index (κ2) is 8.17. The van der Waals surface area contributed by atoms with Gasteiger partial charge in [-0.15, -0.1) is 0 Å². The fourth-order valence-electron chi connectivity index (χ4n) is 3.24. The third-order valence-electron chi connectivity index (χ3n) is 4.54. The van der Waals surface area contributed by atoms with Gasteiger partial charge in [0.2, 0.25) is 0 Å². The van der Waals surface area contributed by atoms with Crippen molar-refractivity contribution in [2.24, 2.45) is 0 Å². The lowest BCUT2D eigenvalue weighted by Crippen LogP contribution is -2.34. The summed E-state index contributed by atoms with van der Waals surface area (Å²) in [5.74, 6) is 0.793. The molecule has 0 radical (unpaired) electrons. The average molecular weight is 348 g/mol. The van der Waals surface area contributed by atoms with Crippen LogP contribution in [0.25, 0.3) is 0 Å². The zero-order valence-electron chi connectivity index (χ0n) is 15.2. The van der Waals surface area contributed by atoms with Gasteiger partial charge >= 0.3 is 0 Å². The normalized spacial score (nSPS) is 13.2. The molecular weight excluding hydrogens is 324 g/mol. The quantitative estimate of drug-likeness (QED) is 0.647. The predicted molar refractivity (Wildman–Crippen MR) is 104 cm³/mol. The Bertz CT molecular complexity index is 810. The highest BCUT2D eigenvalue weighted by atomic mass is 16.5. The van der Waals surface area contributed by atoms with Gasteiger partial charge in [0.15, 0.2) is 0 Å². The summed E-state index contributed by atoms with van der Waals surface area (Å²) < 4.78 is 11.7. The van der Waals surface area contributed by atoms with Crippen LogP contribution in [0.4, 0.5) is 0 Å². The summed E-state index contributed by atoms with van der Waals surface area (Å²) in [4.78, 5) is 0. The van der Waals surface area contributed by atoms with Crippen LogP contribution in [0.1, 0.15) is 22.3 Å². The van der Waals surface area contributed by atoms with Crippen LogP contribution >= 0.6 is 0 Å². The summed E-state index contributed by atoms with van der Waals surface area (Å²) in [5.41, 5.74) is 3.41. The maximum Gasteiger partial charge on any atom is 0.143 e. The van der Waals surface area contributed by atoms with Crippen LogP contribution in [0, 0.1) is 6.92 Å². The molecule has 1 N–H and O–H groups in total. The van der Waals surface area contributed by atoms with Gasteiger partial charge in [-0.25, -0.2) is 0 Å². The molecule has 1 unspecified atom stereocenters. The first-order valence-corrected chi connectivity index (χ1v) is 8.72. The fraction of sp³-hybridized carbons (Fsp3) is 0.217. The Hall–Kier alpha value is -2.62. The molecule has 0 saturated heterocycles. The first-order valence-electron chi connectivity index (χ1n) is 8.72. The molecule has 0 saturated carbocycles. The van der Waals surface area contributed by atoms with Gasteiger partial charge in [-0.2, -0.15) is 0 Å². The summed E-state index contributed by atoms with van der Waals surface area (Å²) in [6.45, 7) is 2.25. The smallest absolute Gasteiger partial charge is 0.143 e. The van der Waals surface area contributed by atoms with Crippen LogP contribution in [-0.2, 0) is 10.3 Å². The molecule has 0 aliphatic rings. The van der Waals surface area contributed by atoms with Crippen molar-refractivity contribution in [3.05, 3.63) is 101 Å². The van der Waals surface area contributed by atoms with Crippen LogP contribution in [-0.4, -0.2) is 25.4 Å². The van der Waals surface area contributed by atoms with E-state index in [1.54, 1.807) is 7.11 Å². The number of aliphatic hydroxyl groups is 1. The number of benzene rings is 3. The molecule has 3 nitrogen and oxygen atoms in total. The highest BCUT2D eigenvalue weighted by Gasteiger charge is 2.37. The summed E-state index contributed by atoms with van der Waals surface area (Å²) in [6, 6.07) is 26.4. The molecule has 0 aliphatic heterocycles. The first kappa shape index (κ1) is 18.2. The van der Waals surface area contributed by atoms with E-state index in [9.17, 15) is 5.11 Å². The molecule has 3 aromatic rings. The Kier molecular flexibility index (Phi) is 5.71. The Morgan fingerprint density at radius 3 is 1.85 bits per heavy atom. The number of methoxy groups -OCH3 is 1. The van der Waals surface area contributed by atoms with E-state index in [2.05, 4.69) is 43.3 Å². The van der Waals surface area contributed by atoms with Gasteiger partial charge in [0, 0.05) is 0 Å². The van der Waals surface area contributed by atoms with Crippen molar-refractivity contribution in [3.63, 3.8) is 0 Å². The lowest BCUT2D eigenvalue weighted by molar-refractivity contribution is -0.00646. The highest BCUT2D eigenvalue weighted by Crippen LogP contribution is 2.41. The number of rotatable bonds is 7. The lowest BCUT2D eigenvalue weighted by atomic mass is 9.80. The molecular formula is C23H24O3. The van der Waals surface area contributed by atoms with E-state index in [0.717, 1.165) is 22.4 Å². The van der Waals surface area contributed by atoms with E-state index in [1.165, 1.54) is 5.56 Å². The third kappa shape index (κ3) is 3.50. The van der Waals surface area contributed by atoms with Crippen molar-refractivity contribution >= 4 is 0 Å². The van der Waals surface area contributed by atoms with Crippen molar-refractivity contribution in [2.75, 3.05) is 20.3 Å². The molecule has 1 atom stereocenters. The maximum atomic E-state index is 9.45. The fourth-order valence-corrected chi connectivity index (χ4v) is 3.24. The number of aliphatic hydroxyl groups excluding tert-OH is 1. The van der Waals surface area contributed by atoms with E-state index in [-0.39, 0.29) is 13.2 Å². The average Bonchev–Trinajstić information content (AvgIpc) is 2.71. The molecule has 134 valence electrons. The van der Waals surface area contributed by atoms with Gasteiger partial charge in [-0.3, -0.25) is 0 Å². The van der Waals surface area contributed by atoms with Crippen molar-refractivity contribution in [3.8, 4) is 5.75 Å². The minimum atomic E-state index is -0.802. The SMILES string of the molecule is COc1ccc(C(OCCO)(c2ccccc2)c2ccc(C)cc2)cc1. The summed E-state index contributed by atoms with van der Waals surface area (Å²) in [5, 5.41) is 9.45. The second-order valence-corrected chi connectivity index (χ2v) is 6.21. The molecule has 0 aromatic heterocycles. The molecule has 0 spiro atoms. The predicted octanol–water partition coefficient (Wildman–Crippen LogP) is 4.30. The van der Waals surface area contributed by atoms with Gasteiger partial charge in [0.1, 0.15) is 11.4 Å².